The Morgan fingerprint density at radius 2 is 2.07 bits per heavy atom. The summed E-state index contributed by atoms with van der Waals surface area (Å²) < 4.78 is 5.41. The lowest BCUT2D eigenvalue weighted by atomic mass is 9.95. The normalized spacial score (nSPS) is 29.2. The van der Waals surface area contributed by atoms with Crippen LogP contribution in [0.3, 0.4) is 0 Å². The molecule has 2 atom stereocenters. The van der Waals surface area contributed by atoms with Crippen LogP contribution < -0.4 is 0 Å². The van der Waals surface area contributed by atoms with Crippen molar-refractivity contribution in [3.8, 4) is 0 Å². The third-order valence-corrected chi connectivity index (χ3v) is 2.98. The number of fused-ring (bicyclic) bond motifs is 1. The number of nitrogens with zero attached hydrogens (tertiary/aromatic N) is 1. The van der Waals surface area contributed by atoms with Crippen molar-refractivity contribution in [2.45, 2.75) is 19.1 Å². The van der Waals surface area contributed by atoms with E-state index in [9.17, 15) is 0 Å². The van der Waals surface area contributed by atoms with Gasteiger partial charge in [-0.25, -0.2) is 0 Å². The molecule has 1 fully saturated rings. The van der Waals surface area contributed by atoms with Gasteiger partial charge in [0.15, 0.2) is 0 Å². The molecule has 1 aromatic rings. The molecule has 2 aliphatic rings. The van der Waals surface area contributed by atoms with E-state index in [1.165, 1.54) is 0 Å². The molecule has 3 heteroatoms. The number of hydrogen-bond acceptors (Lipinski definition) is 3. The molecule has 2 aliphatic heterocycles. The van der Waals surface area contributed by atoms with Crippen LogP contribution in [0.1, 0.15) is 18.4 Å². The Labute approximate surface area is 88.7 Å². The Hall–Kier alpha value is -1.35. The van der Waals surface area contributed by atoms with Gasteiger partial charge in [0.1, 0.15) is 0 Å². The van der Waals surface area contributed by atoms with Gasteiger partial charge in [0.05, 0.1) is 12.3 Å². The molecule has 1 aromatic carbocycles. The topological polar surface area (TPSA) is 30.8 Å². The van der Waals surface area contributed by atoms with Gasteiger partial charge in [0.2, 0.25) is 6.29 Å². The second-order valence-corrected chi connectivity index (χ2v) is 4.00. The van der Waals surface area contributed by atoms with Gasteiger partial charge in [-0.15, -0.1) is 0 Å². The largest absolute Gasteiger partial charge is 0.363 e. The van der Waals surface area contributed by atoms with Crippen LogP contribution >= 0.6 is 0 Å². The Bertz CT molecular complexity index is 374. The highest BCUT2D eigenvalue weighted by Gasteiger charge is 2.34. The highest BCUT2D eigenvalue weighted by molar-refractivity contribution is 6.00. The zero-order chi connectivity index (χ0) is 10.1. The van der Waals surface area contributed by atoms with Crippen molar-refractivity contribution in [3.05, 3.63) is 35.9 Å². The molecule has 15 heavy (non-hydrogen) atoms. The number of ether oxygens (including phenoxy) is 1. The van der Waals surface area contributed by atoms with Crippen molar-refractivity contribution < 1.29 is 9.57 Å². The molecule has 0 bridgehead atoms. The van der Waals surface area contributed by atoms with Crippen molar-refractivity contribution in [1.82, 2.24) is 0 Å². The quantitative estimate of drug-likeness (QED) is 0.700. The minimum absolute atomic E-state index is 0.0996. The van der Waals surface area contributed by atoms with Crippen LogP contribution in [-0.2, 0) is 9.57 Å². The van der Waals surface area contributed by atoms with E-state index < -0.39 is 0 Å². The molecule has 1 saturated heterocycles. The minimum Gasteiger partial charge on any atom is -0.363 e. The fourth-order valence-electron chi connectivity index (χ4n) is 2.12. The van der Waals surface area contributed by atoms with Gasteiger partial charge in [-0.05, 0) is 12.0 Å². The molecule has 0 radical (unpaired) electrons. The maximum absolute atomic E-state index is 5.41. The van der Waals surface area contributed by atoms with Crippen LogP contribution in [-0.4, -0.2) is 18.6 Å². The van der Waals surface area contributed by atoms with Crippen LogP contribution in [0.2, 0.25) is 0 Å². The lowest BCUT2D eigenvalue weighted by Gasteiger charge is -2.22. The Morgan fingerprint density at radius 1 is 1.20 bits per heavy atom. The van der Waals surface area contributed by atoms with Crippen molar-refractivity contribution in [2.24, 2.45) is 11.1 Å². The summed E-state index contributed by atoms with van der Waals surface area (Å²) in [5, 5.41) is 4.13. The lowest BCUT2D eigenvalue weighted by Crippen LogP contribution is -2.26. The van der Waals surface area contributed by atoms with Crippen molar-refractivity contribution in [1.29, 1.82) is 0 Å². The van der Waals surface area contributed by atoms with E-state index in [0.717, 1.165) is 30.7 Å². The first kappa shape index (κ1) is 8.92. The summed E-state index contributed by atoms with van der Waals surface area (Å²) in [6, 6.07) is 10.2. The standard InChI is InChI=1S/C12H13NO2/c1-2-4-9(5-3-1)11-8-10-6-7-14-12(10)15-13-11/h1-5,10,12H,6-8H2. The summed E-state index contributed by atoms with van der Waals surface area (Å²) in [6.07, 6.45) is 1.95. The van der Waals surface area contributed by atoms with E-state index >= 15 is 0 Å². The first-order chi connectivity index (χ1) is 7.43. The average Bonchev–Trinajstić information content (AvgIpc) is 2.77. The van der Waals surface area contributed by atoms with Crippen LogP contribution in [0.25, 0.3) is 0 Å². The van der Waals surface area contributed by atoms with Gasteiger partial charge in [0, 0.05) is 12.3 Å². The SMILES string of the molecule is c1ccc(C2=NOC3OCCC3C2)cc1. The van der Waals surface area contributed by atoms with Gasteiger partial charge in [-0.3, -0.25) is 0 Å². The van der Waals surface area contributed by atoms with Crippen LogP contribution in [0, 0.1) is 5.92 Å². The van der Waals surface area contributed by atoms with Gasteiger partial charge in [-0.1, -0.05) is 35.5 Å². The van der Waals surface area contributed by atoms with Crippen LogP contribution in [0.15, 0.2) is 35.5 Å². The molecule has 78 valence electrons. The summed E-state index contributed by atoms with van der Waals surface area (Å²) in [5.41, 5.74) is 2.20. The molecule has 0 amide bonds. The molecule has 2 heterocycles. The summed E-state index contributed by atoms with van der Waals surface area (Å²) in [7, 11) is 0. The fourth-order valence-corrected chi connectivity index (χ4v) is 2.12. The maximum atomic E-state index is 5.41. The zero-order valence-electron chi connectivity index (χ0n) is 8.43. The van der Waals surface area contributed by atoms with Crippen molar-refractivity contribution in [2.75, 3.05) is 6.61 Å². The Kier molecular flexibility index (Phi) is 2.18. The molecule has 0 saturated carbocycles. The van der Waals surface area contributed by atoms with Crippen molar-refractivity contribution >= 4 is 5.71 Å². The highest BCUT2D eigenvalue weighted by atomic mass is 16.8. The Morgan fingerprint density at radius 3 is 2.93 bits per heavy atom. The predicted octanol–water partition coefficient (Wildman–Crippen LogP) is 2.17. The second-order valence-electron chi connectivity index (χ2n) is 4.00. The zero-order valence-corrected chi connectivity index (χ0v) is 8.43. The van der Waals surface area contributed by atoms with E-state index in [1.807, 2.05) is 18.2 Å². The maximum Gasteiger partial charge on any atom is 0.230 e. The third-order valence-electron chi connectivity index (χ3n) is 2.98. The molecule has 3 nitrogen and oxygen atoms in total. The number of oxime groups is 1. The monoisotopic (exact) mass is 203 g/mol. The molecule has 0 N–H and O–H groups in total. The molecule has 2 unspecified atom stereocenters. The number of benzene rings is 1. The summed E-state index contributed by atoms with van der Waals surface area (Å²) in [6.45, 7) is 0.799. The minimum atomic E-state index is -0.0996. The first-order valence-corrected chi connectivity index (χ1v) is 5.33. The van der Waals surface area contributed by atoms with Crippen LogP contribution in [0.5, 0.6) is 0 Å². The van der Waals surface area contributed by atoms with E-state index in [1.54, 1.807) is 0 Å². The van der Waals surface area contributed by atoms with Crippen LogP contribution in [0.4, 0.5) is 0 Å². The number of hydrogen-bond donors (Lipinski definition) is 0. The number of rotatable bonds is 1. The first-order valence-electron chi connectivity index (χ1n) is 5.33. The van der Waals surface area contributed by atoms with E-state index in [4.69, 9.17) is 9.57 Å². The smallest absolute Gasteiger partial charge is 0.230 e. The summed E-state index contributed by atoms with van der Waals surface area (Å²) in [4.78, 5) is 5.33. The Balaban J connectivity index is 1.84. The highest BCUT2D eigenvalue weighted by Crippen LogP contribution is 2.30. The van der Waals surface area contributed by atoms with E-state index in [0.29, 0.717) is 5.92 Å². The third kappa shape index (κ3) is 1.63. The van der Waals surface area contributed by atoms with Gasteiger partial charge in [0.25, 0.3) is 0 Å². The molecule has 0 aliphatic carbocycles. The second kappa shape index (κ2) is 3.66. The molecule has 0 aromatic heterocycles. The van der Waals surface area contributed by atoms with Gasteiger partial charge < -0.3 is 9.57 Å². The molecular weight excluding hydrogens is 190 g/mol. The molecular formula is C12H13NO2. The molecule has 0 spiro atoms. The summed E-state index contributed by atoms with van der Waals surface area (Å²) in [5.74, 6) is 0.484. The summed E-state index contributed by atoms with van der Waals surface area (Å²) >= 11 is 0. The lowest BCUT2D eigenvalue weighted by molar-refractivity contribution is -0.136. The van der Waals surface area contributed by atoms with E-state index in [2.05, 4.69) is 17.3 Å². The van der Waals surface area contributed by atoms with Gasteiger partial charge in [-0.2, -0.15) is 0 Å². The predicted molar refractivity (Wildman–Crippen MR) is 56.5 cm³/mol. The molecule has 3 rings (SSSR count). The van der Waals surface area contributed by atoms with Gasteiger partial charge >= 0.3 is 0 Å². The average molecular weight is 203 g/mol. The van der Waals surface area contributed by atoms with Crippen molar-refractivity contribution in [3.63, 3.8) is 0 Å². The fraction of sp³-hybridized carbons (Fsp3) is 0.417. The van der Waals surface area contributed by atoms with E-state index in [-0.39, 0.29) is 6.29 Å².